The van der Waals surface area contributed by atoms with Crippen LogP contribution < -0.4 is 4.90 Å². The van der Waals surface area contributed by atoms with Gasteiger partial charge in [0.25, 0.3) is 0 Å². The Labute approximate surface area is 90.0 Å². The molecule has 4 heteroatoms. The molecule has 0 aliphatic heterocycles. The molecule has 4 nitrogen and oxygen atoms in total. The number of aliphatic hydroxyl groups is 1. The summed E-state index contributed by atoms with van der Waals surface area (Å²) < 4.78 is 0. The SMILES string of the molecule is C#CCN(CCC)c1cncc(CO)n1. The maximum Gasteiger partial charge on any atom is 0.148 e. The summed E-state index contributed by atoms with van der Waals surface area (Å²) in [4.78, 5) is 10.2. The van der Waals surface area contributed by atoms with Gasteiger partial charge in [0.05, 0.1) is 31.2 Å². The zero-order valence-electron chi connectivity index (χ0n) is 8.85. The van der Waals surface area contributed by atoms with Gasteiger partial charge in [0.1, 0.15) is 5.82 Å². The van der Waals surface area contributed by atoms with Gasteiger partial charge in [-0.05, 0) is 6.42 Å². The van der Waals surface area contributed by atoms with E-state index >= 15 is 0 Å². The Morgan fingerprint density at radius 3 is 2.93 bits per heavy atom. The van der Waals surface area contributed by atoms with E-state index < -0.39 is 0 Å². The highest BCUT2D eigenvalue weighted by Gasteiger charge is 2.06. The summed E-state index contributed by atoms with van der Waals surface area (Å²) in [5.41, 5.74) is 0.561. The van der Waals surface area contributed by atoms with Gasteiger partial charge in [0.2, 0.25) is 0 Å². The summed E-state index contributed by atoms with van der Waals surface area (Å²) in [5, 5.41) is 8.94. The summed E-state index contributed by atoms with van der Waals surface area (Å²) in [5.74, 6) is 3.31. The van der Waals surface area contributed by atoms with E-state index in [1.165, 1.54) is 0 Å². The van der Waals surface area contributed by atoms with Crippen LogP contribution in [0.3, 0.4) is 0 Å². The summed E-state index contributed by atoms with van der Waals surface area (Å²) in [7, 11) is 0. The Hall–Kier alpha value is -1.60. The van der Waals surface area contributed by atoms with Crippen molar-refractivity contribution in [3.8, 4) is 12.3 Å². The number of aromatic nitrogens is 2. The van der Waals surface area contributed by atoms with Gasteiger partial charge in [-0.25, -0.2) is 4.98 Å². The highest BCUT2D eigenvalue weighted by molar-refractivity contribution is 5.37. The van der Waals surface area contributed by atoms with Gasteiger partial charge < -0.3 is 10.0 Å². The molecular formula is C11H15N3O. The molecule has 0 aliphatic carbocycles. The second-order valence-corrected chi connectivity index (χ2v) is 3.15. The largest absolute Gasteiger partial charge is 0.390 e. The topological polar surface area (TPSA) is 49.2 Å². The van der Waals surface area contributed by atoms with Crippen LogP contribution in [0, 0.1) is 12.3 Å². The first-order valence-corrected chi connectivity index (χ1v) is 4.92. The quantitative estimate of drug-likeness (QED) is 0.723. The number of hydrogen-bond acceptors (Lipinski definition) is 4. The van der Waals surface area contributed by atoms with Gasteiger partial charge >= 0.3 is 0 Å². The van der Waals surface area contributed by atoms with Crippen molar-refractivity contribution >= 4 is 5.82 Å². The molecule has 0 radical (unpaired) electrons. The molecule has 0 saturated carbocycles. The molecule has 0 aromatic carbocycles. The van der Waals surface area contributed by atoms with Crippen molar-refractivity contribution in [2.45, 2.75) is 20.0 Å². The Balaban J connectivity index is 2.85. The second-order valence-electron chi connectivity index (χ2n) is 3.15. The van der Waals surface area contributed by atoms with Crippen LogP contribution >= 0.6 is 0 Å². The number of nitrogens with zero attached hydrogens (tertiary/aromatic N) is 3. The standard InChI is InChI=1S/C11H15N3O/c1-3-5-14(6-4-2)11-8-12-7-10(9-15)13-11/h1,7-8,15H,4-6,9H2,2H3. The molecule has 1 rings (SSSR count). The molecule has 15 heavy (non-hydrogen) atoms. The van der Waals surface area contributed by atoms with Crippen molar-refractivity contribution in [2.24, 2.45) is 0 Å². The Morgan fingerprint density at radius 1 is 1.53 bits per heavy atom. The highest BCUT2D eigenvalue weighted by atomic mass is 16.3. The minimum absolute atomic E-state index is 0.100. The molecule has 0 unspecified atom stereocenters. The van der Waals surface area contributed by atoms with E-state index in [0.29, 0.717) is 12.2 Å². The Morgan fingerprint density at radius 2 is 2.33 bits per heavy atom. The third-order valence-corrected chi connectivity index (χ3v) is 1.93. The van der Waals surface area contributed by atoms with Crippen molar-refractivity contribution in [2.75, 3.05) is 18.0 Å². The van der Waals surface area contributed by atoms with Crippen molar-refractivity contribution in [3.05, 3.63) is 18.1 Å². The lowest BCUT2D eigenvalue weighted by molar-refractivity contribution is 0.276. The fourth-order valence-electron chi connectivity index (χ4n) is 1.28. The van der Waals surface area contributed by atoms with E-state index in [2.05, 4.69) is 22.8 Å². The number of hydrogen-bond donors (Lipinski definition) is 1. The van der Waals surface area contributed by atoms with Crippen molar-refractivity contribution in [3.63, 3.8) is 0 Å². The van der Waals surface area contributed by atoms with Crippen LogP contribution in [-0.2, 0) is 6.61 Å². The van der Waals surface area contributed by atoms with E-state index in [4.69, 9.17) is 11.5 Å². The molecule has 0 aliphatic rings. The van der Waals surface area contributed by atoms with Gasteiger partial charge in [-0.1, -0.05) is 12.8 Å². The molecule has 0 bridgehead atoms. The summed E-state index contributed by atoms with van der Waals surface area (Å²) in [6.07, 6.45) is 9.48. The van der Waals surface area contributed by atoms with E-state index in [1.54, 1.807) is 12.4 Å². The fraction of sp³-hybridized carbons (Fsp3) is 0.455. The zero-order valence-corrected chi connectivity index (χ0v) is 8.85. The van der Waals surface area contributed by atoms with Crippen LogP contribution in [0.4, 0.5) is 5.82 Å². The molecule has 1 heterocycles. The predicted molar refractivity (Wildman–Crippen MR) is 59.3 cm³/mol. The Kier molecular flexibility index (Phi) is 4.58. The lowest BCUT2D eigenvalue weighted by Crippen LogP contribution is -2.25. The molecule has 1 N–H and O–H groups in total. The van der Waals surface area contributed by atoms with Crippen LogP contribution in [0.25, 0.3) is 0 Å². The molecule has 1 aromatic rings. The molecule has 0 atom stereocenters. The number of anilines is 1. The van der Waals surface area contributed by atoms with Crippen LogP contribution in [0.1, 0.15) is 19.0 Å². The van der Waals surface area contributed by atoms with Crippen molar-refractivity contribution in [1.82, 2.24) is 9.97 Å². The minimum Gasteiger partial charge on any atom is -0.390 e. The fourth-order valence-corrected chi connectivity index (χ4v) is 1.28. The Bertz CT molecular complexity index is 346. The van der Waals surface area contributed by atoms with Crippen LogP contribution in [-0.4, -0.2) is 28.2 Å². The van der Waals surface area contributed by atoms with Gasteiger partial charge in [0, 0.05) is 6.54 Å². The van der Waals surface area contributed by atoms with E-state index in [0.717, 1.165) is 18.8 Å². The highest BCUT2D eigenvalue weighted by Crippen LogP contribution is 2.09. The maximum atomic E-state index is 8.94. The van der Waals surface area contributed by atoms with Crippen LogP contribution in [0.2, 0.25) is 0 Å². The van der Waals surface area contributed by atoms with Crippen molar-refractivity contribution in [1.29, 1.82) is 0 Å². The average Bonchev–Trinajstić information content (AvgIpc) is 2.29. The summed E-state index contributed by atoms with van der Waals surface area (Å²) >= 11 is 0. The number of aliphatic hydroxyl groups excluding tert-OH is 1. The average molecular weight is 205 g/mol. The molecule has 80 valence electrons. The monoisotopic (exact) mass is 205 g/mol. The first-order valence-electron chi connectivity index (χ1n) is 4.92. The third-order valence-electron chi connectivity index (χ3n) is 1.93. The van der Waals surface area contributed by atoms with E-state index in [9.17, 15) is 0 Å². The molecule has 0 fully saturated rings. The van der Waals surface area contributed by atoms with E-state index in [-0.39, 0.29) is 6.61 Å². The molecule has 1 aromatic heterocycles. The van der Waals surface area contributed by atoms with Crippen molar-refractivity contribution < 1.29 is 5.11 Å². The lowest BCUT2D eigenvalue weighted by Gasteiger charge is -2.20. The van der Waals surface area contributed by atoms with Crippen LogP contribution in [0.5, 0.6) is 0 Å². The normalized spacial score (nSPS) is 9.67. The summed E-state index contributed by atoms with van der Waals surface area (Å²) in [6, 6.07) is 0. The third kappa shape index (κ3) is 3.22. The smallest absolute Gasteiger partial charge is 0.148 e. The summed E-state index contributed by atoms with van der Waals surface area (Å²) in [6.45, 7) is 3.33. The van der Waals surface area contributed by atoms with E-state index in [1.807, 2.05) is 4.90 Å². The number of terminal acetylenes is 1. The second kappa shape index (κ2) is 5.99. The minimum atomic E-state index is -0.100. The first-order chi connectivity index (χ1) is 7.31. The zero-order chi connectivity index (χ0) is 11.1. The predicted octanol–water partition coefficient (Wildman–Crippen LogP) is 0.818. The lowest BCUT2D eigenvalue weighted by atomic mass is 10.4. The first kappa shape index (κ1) is 11.5. The number of rotatable bonds is 5. The van der Waals surface area contributed by atoms with Gasteiger partial charge in [-0.3, -0.25) is 4.98 Å². The molecule has 0 amide bonds. The maximum absolute atomic E-state index is 8.94. The van der Waals surface area contributed by atoms with Gasteiger partial charge in [-0.2, -0.15) is 0 Å². The van der Waals surface area contributed by atoms with Crippen LogP contribution in [0.15, 0.2) is 12.4 Å². The van der Waals surface area contributed by atoms with Gasteiger partial charge in [-0.15, -0.1) is 6.42 Å². The molecule has 0 spiro atoms. The van der Waals surface area contributed by atoms with Gasteiger partial charge in [0.15, 0.2) is 0 Å². The molecule has 0 saturated heterocycles. The molecular weight excluding hydrogens is 190 g/mol.